The van der Waals surface area contributed by atoms with E-state index in [1.165, 1.54) is 0 Å². The summed E-state index contributed by atoms with van der Waals surface area (Å²) >= 11 is 0. The van der Waals surface area contributed by atoms with Crippen molar-refractivity contribution in [1.29, 1.82) is 0 Å². The van der Waals surface area contributed by atoms with E-state index in [9.17, 15) is 4.79 Å². The minimum absolute atomic E-state index is 0.106. The smallest absolute Gasteiger partial charge is 0.222 e. The first-order chi connectivity index (χ1) is 5.07. The van der Waals surface area contributed by atoms with Crippen molar-refractivity contribution in [3.05, 3.63) is 0 Å². The molecule has 1 N–H and O–H groups in total. The summed E-state index contributed by atoms with van der Waals surface area (Å²) in [6, 6.07) is 0.329. The Hall–Kier alpha value is -0.530. The summed E-state index contributed by atoms with van der Waals surface area (Å²) in [6.45, 7) is 7.99. The Morgan fingerprint density at radius 2 is 1.91 bits per heavy atom. The third-order valence-corrected chi connectivity index (χ3v) is 1.63. The average molecular weight is 157 g/mol. The number of carbonyl (C=O) groups excluding carboxylic acids is 1. The van der Waals surface area contributed by atoms with Gasteiger partial charge in [-0.1, -0.05) is 27.2 Å². The van der Waals surface area contributed by atoms with Crippen LogP contribution in [0.2, 0.25) is 0 Å². The van der Waals surface area contributed by atoms with Crippen LogP contribution in [0.3, 0.4) is 0 Å². The summed E-state index contributed by atoms with van der Waals surface area (Å²) in [5.74, 6) is 0.264. The number of carbonyl (C=O) groups is 1. The van der Waals surface area contributed by atoms with Gasteiger partial charge in [-0.15, -0.1) is 0 Å². The molecule has 0 radical (unpaired) electrons. The van der Waals surface area contributed by atoms with Crippen LogP contribution in [0.15, 0.2) is 0 Å². The monoisotopic (exact) mass is 157 g/mol. The summed E-state index contributed by atoms with van der Waals surface area (Å²) in [5.41, 5.74) is 0. The molecule has 0 aliphatic carbocycles. The normalized spacial score (nSPS) is 13.2. The third kappa shape index (κ3) is 4.82. The molecule has 0 aromatic rings. The number of hydrogen-bond acceptors (Lipinski definition) is 1. The Morgan fingerprint density at radius 3 is 2.27 bits per heavy atom. The molecule has 1 amide bonds. The molecule has 2 heteroatoms. The van der Waals surface area contributed by atoms with Crippen LogP contribution in [-0.2, 0) is 4.79 Å². The molecule has 0 aromatic heterocycles. The standard InChI is InChI=1S/C9H19NO/c1-5-6-8(4)10-9(11)7(2)3/h7-8H,5-6H2,1-4H3,(H,10,11). The van der Waals surface area contributed by atoms with E-state index in [0.717, 1.165) is 12.8 Å². The van der Waals surface area contributed by atoms with Gasteiger partial charge in [0.2, 0.25) is 5.91 Å². The van der Waals surface area contributed by atoms with Crippen molar-refractivity contribution >= 4 is 5.91 Å². The van der Waals surface area contributed by atoms with Gasteiger partial charge in [-0.2, -0.15) is 0 Å². The van der Waals surface area contributed by atoms with E-state index in [4.69, 9.17) is 0 Å². The minimum atomic E-state index is 0.106. The number of amides is 1. The largest absolute Gasteiger partial charge is 0.353 e. The second-order valence-electron chi connectivity index (χ2n) is 3.35. The number of nitrogens with one attached hydrogen (secondary N) is 1. The first-order valence-electron chi connectivity index (χ1n) is 4.38. The van der Waals surface area contributed by atoms with Gasteiger partial charge in [-0.05, 0) is 13.3 Å². The number of hydrogen-bond donors (Lipinski definition) is 1. The van der Waals surface area contributed by atoms with Crippen LogP contribution >= 0.6 is 0 Å². The van der Waals surface area contributed by atoms with Crippen LogP contribution in [-0.4, -0.2) is 11.9 Å². The van der Waals surface area contributed by atoms with Crippen molar-refractivity contribution in [1.82, 2.24) is 5.32 Å². The van der Waals surface area contributed by atoms with Gasteiger partial charge in [-0.3, -0.25) is 4.79 Å². The highest BCUT2D eigenvalue weighted by Crippen LogP contribution is 1.97. The predicted molar refractivity (Wildman–Crippen MR) is 47.4 cm³/mol. The molecule has 0 aromatic carbocycles. The zero-order chi connectivity index (χ0) is 8.85. The van der Waals surface area contributed by atoms with Crippen LogP contribution in [0.1, 0.15) is 40.5 Å². The first kappa shape index (κ1) is 10.5. The van der Waals surface area contributed by atoms with Crippen LogP contribution in [0.25, 0.3) is 0 Å². The molecule has 66 valence electrons. The molecule has 0 saturated heterocycles. The van der Waals surface area contributed by atoms with Crippen LogP contribution in [0.4, 0.5) is 0 Å². The molecule has 0 rings (SSSR count). The second kappa shape index (κ2) is 5.16. The minimum Gasteiger partial charge on any atom is -0.353 e. The second-order valence-corrected chi connectivity index (χ2v) is 3.35. The lowest BCUT2D eigenvalue weighted by Crippen LogP contribution is -2.35. The van der Waals surface area contributed by atoms with E-state index in [2.05, 4.69) is 12.2 Å². The Balaban J connectivity index is 3.57. The molecule has 0 aliphatic heterocycles. The van der Waals surface area contributed by atoms with Crippen molar-refractivity contribution in [2.45, 2.75) is 46.6 Å². The number of rotatable bonds is 4. The highest BCUT2D eigenvalue weighted by atomic mass is 16.1. The van der Waals surface area contributed by atoms with E-state index >= 15 is 0 Å². The summed E-state index contributed by atoms with van der Waals surface area (Å²) in [5, 5.41) is 2.94. The van der Waals surface area contributed by atoms with E-state index in [1.807, 2.05) is 20.8 Å². The fraction of sp³-hybridized carbons (Fsp3) is 0.889. The van der Waals surface area contributed by atoms with Gasteiger partial charge in [0.1, 0.15) is 0 Å². The SMILES string of the molecule is CCCC(C)NC(=O)C(C)C. The van der Waals surface area contributed by atoms with Gasteiger partial charge >= 0.3 is 0 Å². The zero-order valence-corrected chi connectivity index (χ0v) is 7.98. The van der Waals surface area contributed by atoms with Gasteiger partial charge in [0.05, 0.1) is 0 Å². The topological polar surface area (TPSA) is 29.1 Å². The summed E-state index contributed by atoms with van der Waals surface area (Å²) in [7, 11) is 0. The third-order valence-electron chi connectivity index (χ3n) is 1.63. The summed E-state index contributed by atoms with van der Waals surface area (Å²) < 4.78 is 0. The van der Waals surface area contributed by atoms with Crippen molar-refractivity contribution < 1.29 is 4.79 Å². The summed E-state index contributed by atoms with van der Waals surface area (Å²) in [6.07, 6.45) is 2.19. The van der Waals surface area contributed by atoms with E-state index in [-0.39, 0.29) is 11.8 Å². The lowest BCUT2D eigenvalue weighted by molar-refractivity contribution is -0.124. The molecule has 0 bridgehead atoms. The first-order valence-corrected chi connectivity index (χ1v) is 4.38. The molecular weight excluding hydrogens is 138 g/mol. The van der Waals surface area contributed by atoms with E-state index < -0.39 is 0 Å². The fourth-order valence-corrected chi connectivity index (χ4v) is 0.915. The van der Waals surface area contributed by atoms with Crippen LogP contribution in [0.5, 0.6) is 0 Å². The van der Waals surface area contributed by atoms with Crippen molar-refractivity contribution in [3.8, 4) is 0 Å². The Labute approximate surface area is 69.4 Å². The molecule has 0 aliphatic rings. The van der Waals surface area contributed by atoms with Crippen molar-refractivity contribution in [3.63, 3.8) is 0 Å². The highest BCUT2D eigenvalue weighted by Gasteiger charge is 2.08. The average Bonchev–Trinajstić information content (AvgIpc) is 1.87. The maximum atomic E-state index is 11.1. The molecule has 0 heterocycles. The quantitative estimate of drug-likeness (QED) is 0.664. The zero-order valence-electron chi connectivity index (χ0n) is 7.98. The molecule has 11 heavy (non-hydrogen) atoms. The molecule has 0 saturated carbocycles. The van der Waals surface area contributed by atoms with Gasteiger partial charge in [0, 0.05) is 12.0 Å². The Morgan fingerprint density at radius 1 is 1.36 bits per heavy atom. The fourth-order valence-electron chi connectivity index (χ4n) is 0.915. The van der Waals surface area contributed by atoms with E-state index in [1.54, 1.807) is 0 Å². The molecular formula is C9H19NO. The Kier molecular flexibility index (Phi) is 4.92. The summed E-state index contributed by atoms with van der Waals surface area (Å²) in [4.78, 5) is 11.1. The van der Waals surface area contributed by atoms with Gasteiger partial charge in [0.15, 0.2) is 0 Å². The van der Waals surface area contributed by atoms with Crippen molar-refractivity contribution in [2.24, 2.45) is 5.92 Å². The molecule has 0 spiro atoms. The maximum absolute atomic E-state index is 11.1. The van der Waals surface area contributed by atoms with E-state index in [0.29, 0.717) is 6.04 Å². The van der Waals surface area contributed by atoms with Crippen LogP contribution in [0, 0.1) is 5.92 Å². The van der Waals surface area contributed by atoms with Gasteiger partial charge in [-0.25, -0.2) is 0 Å². The Bertz CT molecular complexity index is 121. The molecule has 1 unspecified atom stereocenters. The van der Waals surface area contributed by atoms with Crippen LogP contribution < -0.4 is 5.32 Å². The van der Waals surface area contributed by atoms with Gasteiger partial charge in [0.25, 0.3) is 0 Å². The molecule has 2 nitrogen and oxygen atoms in total. The molecule has 1 atom stereocenters. The predicted octanol–water partition coefficient (Wildman–Crippen LogP) is 1.95. The van der Waals surface area contributed by atoms with Crippen molar-refractivity contribution in [2.75, 3.05) is 0 Å². The molecule has 0 fully saturated rings. The lowest BCUT2D eigenvalue weighted by Gasteiger charge is -2.14. The lowest BCUT2D eigenvalue weighted by atomic mass is 10.1. The highest BCUT2D eigenvalue weighted by molar-refractivity contribution is 5.78. The van der Waals surface area contributed by atoms with Gasteiger partial charge < -0.3 is 5.32 Å². The maximum Gasteiger partial charge on any atom is 0.222 e.